The number of fused-ring (bicyclic) bond motifs is 12. The molecule has 0 radical (unpaired) electrons. The zero-order valence-electron chi connectivity index (χ0n) is 46.3. The van der Waals surface area contributed by atoms with Crippen molar-refractivity contribution in [1.29, 1.82) is 0 Å². The molecule has 0 fully saturated rings. The highest BCUT2D eigenvalue weighted by Gasteiger charge is 2.46. The van der Waals surface area contributed by atoms with Crippen LogP contribution in [0.4, 0.5) is 34.1 Å². The van der Waals surface area contributed by atoms with E-state index in [4.69, 9.17) is 0 Å². The highest BCUT2D eigenvalue weighted by atomic mass is 32.1. The monoisotopic (exact) mass is 1000 g/mol. The summed E-state index contributed by atoms with van der Waals surface area (Å²) in [5.74, 6) is 0. The van der Waals surface area contributed by atoms with Gasteiger partial charge in [-0.3, -0.25) is 0 Å². The van der Waals surface area contributed by atoms with Gasteiger partial charge in [0.15, 0.2) is 0 Å². The van der Waals surface area contributed by atoms with Gasteiger partial charge in [-0.15, -0.1) is 11.3 Å². The van der Waals surface area contributed by atoms with Crippen molar-refractivity contribution < 1.29 is 0 Å². The summed E-state index contributed by atoms with van der Waals surface area (Å²) in [5, 5.41) is 9.02. The van der Waals surface area contributed by atoms with Crippen LogP contribution in [-0.4, -0.2) is 6.71 Å². The predicted octanol–water partition coefficient (Wildman–Crippen LogP) is 19.0. The maximum Gasteiger partial charge on any atom is 0.264 e. The lowest BCUT2D eigenvalue weighted by atomic mass is 9.36. The Kier molecular flexibility index (Phi) is 10.8. The summed E-state index contributed by atoms with van der Waals surface area (Å²) in [5.41, 5.74) is 20.1. The predicted molar refractivity (Wildman–Crippen MR) is 334 cm³/mol. The van der Waals surface area contributed by atoms with E-state index in [9.17, 15) is 0 Å². The largest absolute Gasteiger partial charge is 0.311 e. The first-order valence-corrected chi connectivity index (χ1v) is 28.2. The Balaban J connectivity index is 1.13. The Morgan fingerprint density at radius 2 is 0.855 bits per heavy atom. The first-order chi connectivity index (χ1) is 36.2. The molecule has 2 nitrogen and oxygen atoms in total. The minimum atomic E-state index is -0.109. The van der Waals surface area contributed by atoms with Gasteiger partial charge in [-0.25, -0.2) is 0 Å². The number of thiophene rings is 1. The minimum Gasteiger partial charge on any atom is -0.311 e. The van der Waals surface area contributed by atoms with Crippen LogP contribution in [0.3, 0.4) is 0 Å². The molecule has 10 aromatic carbocycles. The molecule has 0 N–H and O–H groups in total. The molecule has 11 aromatic rings. The van der Waals surface area contributed by atoms with Gasteiger partial charge in [-0.05, 0) is 158 Å². The Labute approximate surface area is 454 Å². The third-order valence-corrected chi connectivity index (χ3v) is 17.9. The smallest absolute Gasteiger partial charge is 0.264 e. The molecule has 0 spiro atoms. The summed E-state index contributed by atoms with van der Waals surface area (Å²) < 4.78 is 2.71. The summed E-state index contributed by atoms with van der Waals surface area (Å²) in [6.45, 7) is 28.0. The molecular weight excluding hydrogens is 936 g/mol. The van der Waals surface area contributed by atoms with Crippen molar-refractivity contribution >= 4 is 110 Å². The summed E-state index contributed by atoms with van der Waals surface area (Å²) in [6, 6.07) is 72.7. The molecule has 0 atom stereocenters. The van der Waals surface area contributed by atoms with E-state index in [1.165, 1.54) is 137 Å². The highest BCUT2D eigenvalue weighted by Crippen LogP contribution is 2.52. The molecule has 2 aliphatic heterocycles. The van der Waals surface area contributed by atoms with Crippen molar-refractivity contribution in [3.05, 3.63) is 210 Å². The summed E-state index contributed by atoms with van der Waals surface area (Å²) >= 11 is 1.98. The topological polar surface area (TPSA) is 6.48 Å². The number of nitrogens with zero attached hydrogens (tertiary/aromatic N) is 2. The van der Waals surface area contributed by atoms with E-state index in [0.717, 1.165) is 0 Å². The average molecular weight is 1000 g/mol. The van der Waals surface area contributed by atoms with Gasteiger partial charge in [0.1, 0.15) is 0 Å². The van der Waals surface area contributed by atoms with Gasteiger partial charge in [0.05, 0.1) is 11.4 Å². The number of rotatable bonds is 4. The molecule has 2 aliphatic rings. The van der Waals surface area contributed by atoms with Crippen molar-refractivity contribution in [1.82, 2.24) is 0 Å². The fourth-order valence-electron chi connectivity index (χ4n) is 12.5. The number of benzene rings is 10. The van der Waals surface area contributed by atoms with E-state index in [2.05, 4.69) is 281 Å². The second-order valence-electron chi connectivity index (χ2n) is 25.8. The van der Waals surface area contributed by atoms with Crippen LogP contribution in [-0.2, 0) is 21.7 Å². The second kappa shape index (κ2) is 17.1. The van der Waals surface area contributed by atoms with E-state index >= 15 is 0 Å². The van der Waals surface area contributed by atoms with E-state index < -0.39 is 0 Å². The van der Waals surface area contributed by atoms with Crippen LogP contribution in [0.15, 0.2) is 188 Å². The van der Waals surface area contributed by atoms with Gasteiger partial charge in [0.2, 0.25) is 0 Å². The Hall–Kier alpha value is -7.40. The van der Waals surface area contributed by atoms with E-state index in [1.54, 1.807) is 0 Å². The summed E-state index contributed by atoms with van der Waals surface area (Å²) in [7, 11) is 0. The van der Waals surface area contributed by atoms with Gasteiger partial charge in [0, 0.05) is 43.2 Å². The van der Waals surface area contributed by atoms with E-state index in [1.807, 2.05) is 11.3 Å². The Bertz CT molecular complexity index is 4130. The van der Waals surface area contributed by atoms with Gasteiger partial charge >= 0.3 is 0 Å². The lowest BCUT2D eigenvalue weighted by Crippen LogP contribution is -2.60. The normalized spacial score (nSPS) is 13.7. The van der Waals surface area contributed by atoms with Gasteiger partial charge in [0.25, 0.3) is 6.71 Å². The third kappa shape index (κ3) is 7.65. The molecule has 0 bridgehead atoms. The minimum absolute atomic E-state index is 0.0154. The van der Waals surface area contributed by atoms with Crippen molar-refractivity contribution in [2.24, 2.45) is 0 Å². The van der Waals surface area contributed by atoms with E-state index in [-0.39, 0.29) is 28.4 Å². The maximum atomic E-state index is 2.66. The Morgan fingerprint density at radius 1 is 0.342 bits per heavy atom. The molecule has 1 aromatic heterocycles. The number of hydrogen-bond donors (Lipinski definition) is 0. The number of para-hydroxylation sites is 1. The molecule has 3 heterocycles. The van der Waals surface area contributed by atoms with E-state index in [0.29, 0.717) is 0 Å². The second-order valence-corrected chi connectivity index (χ2v) is 26.9. The standard InChI is InChI=1S/C72H67BN2S/c1-69(2,3)47-32-28-44(29-33-47)45-31-37-62-59(41-45)73-66-63(26-19-27-64(66)75(61-25-18-17-24-58(61)72(10,11)12)67-57-43-49(71(7,8)9)35-39-65(57)76-68(67)73)74(62)60-38-34-48(70(4,5)6)42-55(60)46-30-36-54-52-22-14-13-20-50(52)51-21-15-16-23-53(51)56(54)40-46/h13-43H,1-12H3. The third-order valence-electron chi connectivity index (χ3n) is 16.6. The summed E-state index contributed by atoms with van der Waals surface area (Å²) in [4.78, 5) is 5.29. The molecule has 0 saturated carbocycles. The molecule has 13 rings (SSSR count). The first-order valence-electron chi connectivity index (χ1n) is 27.4. The van der Waals surface area contributed by atoms with Gasteiger partial charge in [-0.2, -0.15) is 0 Å². The highest BCUT2D eigenvalue weighted by molar-refractivity contribution is 7.33. The van der Waals surface area contributed by atoms with Crippen LogP contribution < -0.4 is 25.5 Å². The SMILES string of the molecule is CC(C)(C)c1ccc(-c2ccc3c(c2)B2c4sc5ccc(C(C)(C)C)cc5c4N(c4ccccc4C(C)(C)C)c4cccc(c42)N3c2ccc(C(C)(C)C)cc2-c2ccc3c4ccccc4c4ccccc4c3c2)cc1. The summed E-state index contributed by atoms with van der Waals surface area (Å²) in [6.07, 6.45) is 0. The molecule has 374 valence electrons. The van der Waals surface area contributed by atoms with Gasteiger partial charge in [-0.1, -0.05) is 217 Å². The molecule has 76 heavy (non-hydrogen) atoms. The van der Waals surface area contributed by atoms with Crippen molar-refractivity contribution in [3.63, 3.8) is 0 Å². The first kappa shape index (κ1) is 48.3. The average Bonchev–Trinajstić information content (AvgIpc) is 3.78. The fraction of sp³-hybridized carbons (Fsp3) is 0.222. The van der Waals surface area contributed by atoms with Crippen molar-refractivity contribution in [2.75, 3.05) is 9.80 Å². The van der Waals surface area contributed by atoms with Crippen LogP contribution in [0, 0.1) is 0 Å². The van der Waals surface area contributed by atoms with Crippen molar-refractivity contribution in [2.45, 2.75) is 105 Å². The zero-order valence-corrected chi connectivity index (χ0v) is 47.1. The molecule has 4 heteroatoms. The van der Waals surface area contributed by atoms with Gasteiger partial charge < -0.3 is 9.80 Å². The van der Waals surface area contributed by atoms with Crippen LogP contribution in [0.5, 0.6) is 0 Å². The molecule has 0 unspecified atom stereocenters. The molecule has 0 saturated heterocycles. The molecular formula is C72H67BN2S. The zero-order chi connectivity index (χ0) is 52.8. The number of hydrogen-bond acceptors (Lipinski definition) is 3. The quantitative estimate of drug-likeness (QED) is 0.128. The fourth-order valence-corrected chi connectivity index (χ4v) is 13.8. The lowest BCUT2D eigenvalue weighted by Gasteiger charge is -2.44. The van der Waals surface area contributed by atoms with Crippen LogP contribution in [0.25, 0.3) is 64.7 Å². The molecule has 0 amide bonds. The maximum absolute atomic E-state index is 2.66. The van der Waals surface area contributed by atoms with Crippen LogP contribution in [0.2, 0.25) is 0 Å². The molecule has 0 aliphatic carbocycles. The van der Waals surface area contributed by atoms with Crippen LogP contribution in [0.1, 0.15) is 105 Å². The number of anilines is 6. The van der Waals surface area contributed by atoms with Crippen LogP contribution >= 0.6 is 11.3 Å². The Morgan fingerprint density at radius 3 is 1.50 bits per heavy atom. The lowest BCUT2D eigenvalue weighted by molar-refractivity contribution is 0.590. The van der Waals surface area contributed by atoms with Crippen molar-refractivity contribution in [3.8, 4) is 22.3 Å².